The first-order valence-corrected chi connectivity index (χ1v) is 6.40. The van der Waals surface area contributed by atoms with E-state index in [2.05, 4.69) is 4.74 Å². The summed E-state index contributed by atoms with van der Waals surface area (Å²) in [5.74, 6) is -0.703. The van der Waals surface area contributed by atoms with Crippen LogP contribution < -0.4 is 0 Å². The molecule has 5 heteroatoms. The van der Waals surface area contributed by atoms with Crippen LogP contribution in [-0.2, 0) is 19.4 Å². The standard InChI is InChI=1S/C10H20O4S/c1-9(2,3)15(12,13)7-10(4,5)8(11)14-6/h7H2,1-6H3. The average Bonchev–Trinajstić information content (AvgIpc) is 1.98. The highest BCUT2D eigenvalue weighted by Crippen LogP contribution is 2.26. The number of rotatable bonds is 3. The SMILES string of the molecule is COC(=O)C(C)(C)CS(=O)(=O)C(C)(C)C. The largest absolute Gasteiger partial charge is 0.469 e. The van der Waals surface area contributed by atoms with E-state index in [1.165, 1.54) is 7.11 Å². The first-order chi connectivity index (χ1) is 6.44. The molecular formula is C10H20O4S. The van der Waals surface area contributed by atoms with E-state index in [0.29, 0.717) is 0 Å². The van der Waals surface area contributed by atoms with Crippen molar-refractivity contribution < 1.29 is 17.9 Å². The van der Waals surface area contributed by atoms with Gasteiger partial charge < -0.3 is 4.74 Å². The Hall–Kier alpha value is -0.580. The second-order valence-electron chi connectivity index (χ2n) is 5.25. The second-order valence-corrected chi connectivity index (χ2v) is 7.99. The third kappa shape index (κ3) is 3.48. The van der Waals surface area contributed by atoms with Crippen LogP contribution in [-0.4, -0.2) is 32.0 Å². The monoisotopic (exact) mass is 236 g/mol. The minimum Gasteiger partial charge on any atom is -0.469 e. The maximum Gasteiger partial charge on any atom is 0.312 e. The smallest absolute Gasteiger partial charge is 0.312 e. The van der Waals surface area contributed by atoms with Gasteiger partial charge in [-0.05, 0) is 34.6 Å². The van der Waals surface area contributed by atoms with Gasteiger partial charge in [0.2, 0.25) is 0 Å². The summed E-state index contributed by atoms with van der Waals surface area (Å²) in [7, 11) is -2.05. The van der Waals surface area contributed by atoms with Gasteiger partial charge in [0, 0.05) is 0 Å². The second kappa shape index (κ2) is 4.12. The number of carbonyl (C=O) groups excluding carboxylic acids is 1. The summed E-state index contributed by atoms with van der Waals surface area (Å²) in [5, 5.41) is 0. The number of carbonyl (C=O) groups is 1. The highest BCUT2D eigenvalue weighted by molar-refractivity contribution is 7.92. The Morgan fingerprint density at radius 3 is 1.80 bits per heavy atom. The highest BCUT2D eigenvalue weighted by Gasteiger charge is 2.39. The van der Waals surface area contributed by atoms with E-state index in [4.69, 9.17) is 0 Å². The van der Waals surface area contributed by atoms with Crippen LogP contribution >= 0.6 is 0 Å². The Morgan fingerprint density at radius 1 is 1.13 bits per heavy atom. The lowest BCUT2D eigenvalue weighted by atomic mass is 9.97. The van der Waals surface area contributed by atoms with E-state index in [9.17, 15) is 13.2 Å². The third-order valence-corrected chi connectivity index (χ3v) is 5.19. The van der Waals surface area contributed by atoms with Crippen molar-refractivity contribution in [2.75, 3.05) is 12.9 Å². The molecule has 0 atom stereocenters. The van der Waals surface area contributed by atoms with E-state index in [-0.39, 0.29) is 5.75 Å². The zero-order valence-corrected chi connectivity index (χ0v) is 11.1. The summed E-state index contributed by atoms with van der Waals surface area (Å²) in [6.45, 7) is 8.01. The van der Waals surface area contributed by atoms with Crippen LogP contribution in [0.5, 0.6) is 0 Å². The molecule has 0 fully saturated rings. The molecule has 90 valence electrons. The summed E-state index contributed by atoms with van der Waals surface area (Å²) in [6.07, 6.45) is 0. The molecule has 15 heavy (non-hydrogen) atoms. The van der Waals surface area contributed by atoms with Crippen LogP contribution in [0.3, 0.4) is 0 Å². The van der Waals surface area contributed by atoms with Gasteiger partial charge in [-0.2, -0.15) is 0 Å². The number of esters is 1. The molecule has 0 bridgehead atoms. The van der Waals surface area contributed by atoms with Crippen molar-refractivity contribution >= 4 is 15.8 Å². The van der Waals surface area contributed by atoms with Crippen molar-refractivity contribution in [3.05, 3.63) is 0 Å². The molecule has 0 heterocycles. The average molecular weight is 236 g/mol. The number of sulfone groups is 1. The molecule has 0 unspecified atom stereocenters. The summed E-state index contributed by atoms with van der Waals surface area (Å²) in [5.41, 5.74) is -0.999. The van der Waals surface area contributed by atoms with Crippen LogP contribution in [0, 0.1) is 5.41 Å². The van der Waals surface area contributed by atoms with Gasteiger partial charge in [0.1, 0.15) is 0 Å². The molecule has 0 aliphatic heterocycles. The predicted octanol–water partition coefficient (Wildman–Crippen LogP) is 1.40. The maximum atomic E-state index is 11.9. The van der Waals surface area contributed by atoms with E-state index in [0.717, 1.165) is 0 Å². The van der Waals surface area contributed by atoms with Gasteiger partial charge in [-0.25, -0.2) is 8.42 Å². The zero-order valence-electron chi connectivity index (χ0n) is 10.2. The number of hydrogen-bond acceptors (Lipinski definition) is 4. The van der Waals surface area contributed by atoms with Crippen LogP contribution in [0.15, 0.2) is 0 Å². The van der Waals surface area contributed by atoms with Crippen molar-refractivity contribution in [2.24, 2.45) is 5.41 Å². The molecule has 0 aromatic rings. The molecule has 4 nitrogen and oxygen atoms in total. The summed E-state index contributed by atoms with van der Waals surface area (Å²) < 4.78 is 27.5. The Kier molecular flexibility index (Phi) is 3.96. The quantitative estimate of drug-likeness (QED) is 0.695. The molecule has 0 spiro atoms. The highest BCUT2D eigenvalue weighted by atomic mass is 32.2. The molecule has 0 aliphatic rings. The molecule has 0 radical (unpaired) electrons. The van der Waals surface area contributed by atoms with Crippen LogP contribution in [0.25, 0.3) is 0 Å². The predicted molar refractivity (Wildman–Crippen MR) is 59.3 cm³/mol. The van der Waals surface area contributed by atoms with Gasteiger partial charge in [-0.15, -0.1) is 0 Å². The Labute approximate surface area is 91.9 Å². The van der Waals surface area contributed by atoms with Crippen molar-refractivity contribution in [1.29, 1.82) is 0 Å². The summed E-state index contributed by atoms with van der Waals surface area (Å²) >= 11 is 0. The molecule has 0 N–H and O–H groups in total. The normalized spacial score (nSPS) is 13.7. The van der Waals surface area contributed by atoms with Crippen molar-refractivity contribution in [1.82, 2.24) is 0 Å². The van der Waals surface area contributed by atoms with Crippen molar-refractivity contribution in [3.63, 3.8) is 0 Å². The number of hydrogen-bond donors (Lipinski definition) is 0. The Balaban J connectivity index is 4.98. The van der Waals surface area contributed by atoms with Crippen LogP contribution in [0.2, 0.25) is 0 Å². The molecule has 0 aliphatic carbocycles. The zero-order chi connectivity index (χ0) is 12.5. The lowest BCUT2D eigenvalue weighted by molar-refractivity contribution is -0.149. The topological polar surface area (TPSA) is 60.4 Å². The van der Waals surface area contributed by atoms with E-state index in [1.807, 2.05) is 0 Å². The summed E-state index contributed by atoms with van der Waals surface area (Å²) in [6, 6.07) is 0. The first kappa shape index (κ1) is 14.4. The van der Waals surface area contributed by atoms with Gasteiger partial charge in [0.15, 0.2) is 9.84 Å². The van der Waals surface area contributed by atoms with Crippen LogP contribution in [0.1, 0.15) is 34.6 Å². The van der Waals surface area contributed by atoms with Gasteiger partial charge in [0.25, 0.3) is 0 Å². The number of ether oxygens (including phenoxy) is 1. The van der Waals surface area contributed by atoms with Gasteiger partial charge in [-0.3, -0.25) is 4.79 Å². The molecule has 0 saturated carbocycles. The first-order valence-electron chi connectivity index (χ1n) is 4.75. The fourth-order valence-electron chi connectivity index (χ4n) is 1.03. The van der Waals surface area contributed by atoms with Crippen LogP contribution in [0.4, 0.5) is 0 Å². The molecule has 0 saturated heterocycles. The molecule has 0 aromatic carbocycles. The van der Waals surface area contributed by atoms with E-state index < -0.39 is 26.0 Å². The summed E-state index contributed by atoms with van der Waals surface area (Å²) in [4.78, 5) is 11.4. The Bertz CT molecular complexity index is 333. The van der Waals surface area contributed by atoms with Crippen molar-refractivity contribution in [3.8, 4) is 0 Å². The molecule has 0 rings (SSSR count). The van der Waals surface area contributed by atoms with E-state index >= 15 is 0 Å². The van der Waals surface area contributed by atoms with Gasteiger partial charge in [0.05, 0.1) is 23.0 Å². The van der Waals surface area contributed by atoms with Crippen molar-refractivity contribution in [2.45, 2.75) is 39.4 Å². The lowest BCUT2D eigenvalue weighted by Crippen LogP contribution is -2.40. The molecule has 0 aromatic heterocycles. The van der Waals surface area contributed by atoms with Gasteiger partial charge >= 0.3 is 5.97 Å². The fourth-order valence-corrected chi connectivity index (χ4v) is 2.53. The van der Waals surface area contributed by atoms with E-state index in [1.54, 1.807) is 34.6 Å². The Morgan fingerprint density at radius 2 is 1.53 bits per heavy atom. The molecular weight excluding hydrogens is 216 g/mol. The minimum absolute atomic E-state index is 0.198. The lowest BCUT2D eigenvalue weighted by Gasteiger charge is -2.26. The maximum absolute atomic E-state index is 11.9. The van der Waals surface area contributed by atoms with Gasteiger partial charge in [-0.1, -0.05) is 0 Å². The molecule has 0 amide bonds. The fraction of sp³-hybridized carbons (Fsp3) is 0.900. The third-order valence-electron chi connectivity index (χ3n) is 2.22. The minimum atomic E-state index is -3.31. The number of methoxy groups -OCH3 is 1.